The van der Waals surface area contributed by atoms with Crippen LogP contribution in [0.4, 0.5) is 28.4 Å². The Morgan fingerprint density at radius 3 is 2.08 bits per heavy atom. The minimum absolute atomic E-state index is 0. The minimum atomic E-state index is -4.90. The lowest BCUT2D eigenvalue weighted by molar-refractivity contribution is -0.432. The number of hydrogen-bond donors (Lipinski definition) is 6. The standard InChI is InChI=1S/C28H25N5O19S6.H2O/c1-15-11-21(22(45-2)14-23(15)53-9-7-46-52-58(42,43)44)31-33-27-25(55-51-49-36)13-18-17(28(27)34)4-5-19(29)26(18)32-30-20-6-3-16(12-24(20)54-50-48-35)56(37,38)10-8-47-57(39,40)41;/h3-6,11-14,34-36H,8,10,29H2,1-2H3,(H,39,40,41)(H,42,43,44);1H2. The molecule has 0 amide bonds. The number of phenolic OH excluding ortho intramolecular Hbond substituents is 1. The average Bonchev–Trinajstić information content (AvgIpc) is 3.15. The number of rotatable bonds is 19. The van der Waals surface area contributed by atoms with E-state index in [1.807, 2.05) is 6.11 Å². The molecule has 4 aromatic rings. The van der Waals surface area contributed by atoms with Crippen LogP contribution < -0.4 is 10.5 Å². The number of azo groups is 2. The Kier molecular flexibility index (Phi) is 18.0. The van der Waals surface area contributed by atoms with E-state index in [-0.39, 0.29) is 65.1 Å². The van der Waals surface area contributed by atoms with Crippen LogP contribution in [0.2, 0.25) is 0 Å². The number of anilines is 1. The number of aryl methyl sites for hydroxylation is 1. The number of benzene rings is 4. The van der Waals surface area contributed by atoms with Crippen molar-refractivity contribution in [2.75, 3.05) is 25.2 Å². The molecule has 4 rings (SSSR count). The maximum absolute atomic E-state index is 12.8. The summed E-state index contributed by atoms with van der Waals surface area (Å²) in [4.78, 5) is 4.13. The third-order valence-electron chi connectivity index (χ3n) is 6.78. The van der Waals surface area contributed by atoms with Gasteiger partial charge in [-0.25, -0.2) is 23.1 Å². The molecule has 0 spiro atoms. The number of methoxy groups -OCH3 is 1. The lowest BCUT2D eigenvalue weighted by atomic mass is 10.1. The molecule has 0 fully saturated rings. The Hall–Kier alpha value is -4.44. The van der Waals surface area contributed by atoms with E-state index in [9.17, 15) is 30.4 Å². The second kappa shape index (κ2) is 21.7. The summed E-state index contributed by atoms with van der Waals surface area (Å²) in [6.45, 7) is 0.780. The lowest BCUT2D eigenvalue weighted by Crippen LogP contribution is -2.15. The molecule has 0 saturated carbocycles. The molecular formula is C28H27N5O20S6. The van der Waals surface area contributed by atoms with E-state index in [0.717, 1.165) is 23.9 Å². The van der Waals surface area contributed by atoms with E-state index in [1.165, 1.54) is 37.4 Å². The molecule has 0 saturated heterocycles. The molecule has 0 heterocycles. The van der Waals surface area contributed by atoms with Crippen LogP contribution in [-0.2, 0) is 62.8 Å². The van der Waals surface area contributed by atoms with E-state index in [2.05, 4.69) is 57.9 Å². The Balaban J connectivity index is 0.00000930. The number of thioether (sulfide) groups is 1. The van der Waals surface area contributed by atoms with Gasteiger partial charge >= 0.3 is 20.8 Å². The van der Waals surface area contributed by atoms with Gasteiger partial charge in [-0.3, -0.25) is 14.0 Å². The predicted molar refractivity (Wildman–Crippen MR) is 204 cm³/mol. The van der Waals surface area contributed by atoms with Crippen molar-refractivity contribution in [1.29, 1.82) is 0 Å². The first-order valence-electron chi connectivity index (χ1n) is 14.7. The van der Waals surface area contributed by atoms with Gasteiger partial charge in [0.1, 0.15) is 28.5 Å². The Morgan fingerprint density at radius 1 is 0.780 bits per heavy atom. The summed E-state index contributed by atoms with van der Waals surface area (Å²) in [5.74, 6) is -1.16. The second-order valence-corrected chi connectivity index (χ2v) is 16.9. The second-order valence-electron chi connectivity index (χ2n) is 10.4. The largest absolute Gasteiger partial charge is 0.505 e. The zero-order valence-corrected chi connectivity index (χ0v) is 34.2. The van der Waals surface area contributed by atoms with Gasteiger partial charge in [0.05, 0.1) is 63.9 Å². The first-order chi connectivity index (χ1) is 27.4. The van der Waals surface area contributed by atoms with Crippen LogP contribution in [0.5, 0.6) is 11.5 Å². The molecule has 0 aliphatic rings. The number of hydrogen-bond acceptors (Lipinski definition) is 25. The van der Waals surface area contributed by atoms with Gasteiger partial charge in [-0.1, -0.05) is 10.1 Å². The maximum Gasteiger partial charge on any atom is 0.433 e. The highest BCUT2D eigenvalue weighted by molar-refractivity contribution is 8.04. The minimum Gasteiger partial charge on any atom is -0.505 e. The molecule has 0 aliphatic heterocycles. The number of sulfone groups is 1. The summed E-state index contributed by atoms with van der Waals surface area (Å²) >= 11 is 1.60. The molecule has 4 aromatic carbocycles. The molecule has 9 N–H and O–H groups in total. The molecule has 0 atom stereocenters. The van der Waals surface area contributed by atoms with Crippen LogP contribution in [0.3, 0.4) is 0 Å². The van der Waals surface area contributed by atoms with E-state index in [0.29, 0.717) is 34.5 Å². The van der Waals surface area contributed by atoms with Crippen molar-refractivity contribution >= 4 is 106 Å². The monoisotopic (exact) mass is 945 g/mol. The molecule has 320 valence electrons. The summed E-state index contributed by atoms with van der Waals surface area (Å²) in [5, 5.41) is 55.8. The smallest absolute Gasteiger partial charge is 0.433 e. The fourth-order valence-corrected chi connectivity index (χ4v) is 7.60. The fourth-order valence-electron chi connectivity index (χ4n) is 4.37. The molecule has 0 unspecified atom stereocenters. The van der Waals surface area contributed by atoms with Crippen LogP contribution >= 0.6 is 35.8 Å². The number of nitrogens with two attached hydrogens (primary N) is 1. The Morgan fingerprint density at radius 2 is 1.44 bits per heavy atom. The van der Waals surface area contributed by atoms with Gasteiger partial charge < -0.3 is 21.1 Å². The highest BCUT2D eigenvalue weighted by atomic mass is 32.3. The van der Waals surface area contributed by atoms with Crippen molar-refractivity contribution in [2.45, 2.75) is 26.5 Å². The number of nitrogens with zero attached hydrogens (tertiary/aromatic N) is 4. The van der Waals surface area contributed by atoms with Crippen LogP contribution in [-0.4, -0.2) is 74.9 Å². The fraction of sp³-hybridized carbons (Fsp3) is 0.143. The predicted octanol–water partition coefficient (Wildman–Crippen LogP) is 5.66. The van der Waals surface area contributed by atoms with E-state index in [4.69, 9.17) is 30.1 Å². The van der Waals surface area contributed by atoms with Gasteiger partial charge in [0.25, 0.3) is 0 Å². The number of aromatic hydroxyl groups is 1. The van der Waals surface area contributed by atoms with Crippen LogP contribution in [0.1, 0.15) is 5.56 Å². The van der Waals surface area contributed by atoms with Gasteiger partial charge in [0, 0.05) is 20.9 Å². The molecule has 25 nitrogen and oxygen atoms in total. The zero-order valence-electron chi connectivity index (χ0n) is 29.3. The molecule has 0 radical (unpaired) electrons. The quantitative estimate of drug-likeness (QED) is 0.00964. The molecular weight excluding hydrogens is 919 g/mol. The van der Waals surface area contributed by atoms with Gasteiger partial charge in [0.2, 0.25) is 0 Å². The first kappa shape index (κ1) is 48.9. The van der Waals surface area contributed by atoms with E-state index >= 15 is 0 Å². The number of fused-ring (bicyclic) bond motifs is 1. The van der Waals surface area contributed by atoms with E-state index in [1.54, 1.807) is 13.0 Å². The third kappa shape index (κ3) is 14.1. The van der Waals surface area contributed by atoms with Crippen molar-refractivity contribution in [3.8, 4) is 22.9 Å². The summed E-state index contributed by atoms with van der Waals surface area (Å²) in [5.41, 5.74) is 6.72. The number of ether oxygens (including phenoxy) is 1. The first-order valence-corrected chi connectivity index (χ1v) is 21.4. The van der Waals surface area contributed by atoms with Crippen molar-refractivity contribution in [3.63, 3.8) is 0 Å². The summed E-state index contributed by atoms with van der Waals surface area (Å²) in [6.07, 6.45) is 1.93. The molecule has 31 heteroatoms. The third-order valence-corrected chi connectivity index (χ3v) is 11.3. The van der Waals surface area contributed by atoms with Crippen molar-refractivity contribution in [1.82, 2.24) is 0 Å². The molecule has 0 bridgehead atoms. The Labute approximate surface area is 345 Å². The topological polar surface area (TPSA) is 384 Å². The summed E-state index contributed by atoms with van der Waals surface area (Å²) in [7, 11) is -12.6. The Bertz CT molecular complexity index is 2620. The lowest BCUT2D eigenvalue weighted by Gasteiger charge is -2.12. The molecule has 59 heavy (non-hydrogen) atoms. The maximum atomic E-state index is 12.8. The van der Waals surface area contributed by atoms with E-state index < -0.39 is 48.7 Å². The highest BCUT2D eigenvalue weighted by Gasteiger charge is 2.21. The summed E-state index contributed by atoms with van der Waals surface area (Å²) < 4.78 is 108. The number of phenols is 1. The van der Waals surface area contributed by atoms with Crippen molar-refractivity contribution in [2.24, 2.45) is 20.5 Å². The van der Waals surface area contributed by atoms with Crippen LogP contribution in [0, 0.1) is 18.3 Å². The molecule has 0 aromatic heterocycles. The zero-order chi connectivity index (χ0) is 42.7. The van der Waals surface area contributed by atoms with Gasteiger partial charge in [-0.2, -0.15) is 16.8 Å². The average molecular weight is 946 g/mol. The SMILES string of the molecule is COc1cc(SC#COOS(=O)(=O)O)c(C)cc1N=Nc1c(SOOO)cc2c(N=Nc3ccc(S(=O)(=O)CCOS(=O)(=O)O)cc3SOOO)c(N)ccc2c1O.O. The van der Waals surface area contributed by atoms with Gasteiger partial charge in [-0.05, 0) is 77.1 Å². The van der Waals surface area contributed by atoms with Gasteiger partial charge in [0.15, 0.2) is 21.7 Å². The van der Waals surface area contributed by atoms with Crippen molar-refractivity contribution < 1.29 is 92.3 Å². The van der Waals surface area contributed by atoms with Crippen molar-refractivity contribution in [3.05, 3.63) is 54.1 Å². The van der Waals surface area contributed by atoms with Crippen LogP contribution in [0.25, 0.3) is 10.8 Å². The summed E-state index contributed by atoms with van der Waals surface area (Å²) in [6, 6.07) is 10.6. The normalized spacial score (nSPS) is 12.1. The highest BCUT2D eigenvalue weighted by Crippen LogP contribution is 2.48. The van der Waals surface area contributed by atoms with Gasteiger partial charge in [-0.15, -0.1) is 29.1 Å². The van der Waals surface area contributed by atoms with Crippen LogP contribution in [0.15, 0.2) is 88.6 Å². The number of nitrogen functional groups attached to an aromatic ring is 1. The molecule has 0 aliphatic carbocycles.